The number of para-hydroxylation sites is 1. The van der Waals surface area contributed by atoms with Crippen LogP contribution in [-0.4, -0.2) is 44.9 Å². The van der Waals surface area contributed by atoms with Crippen LogP contribution in [-0.2, 0) is 14.3 Å². The Hall–Kier alpha value is -2.52. The largest absolute Gasteiger partial charge is 0.465 e. The van der Waals surface area contributed by atoms with Crippen LogP contribution < -0.4 is 10.6 Å². The van der Waals surface area contributed by atoms with E-state index in [1.165, 1.54) is 14.2 Å². The number of hydrogen-bond donors (Lipinski definition) is 2. The average Bonchev–Trinajstić information content (AvgIpc) is 3.01. The smallest absolute Gasteiger partial charge is 0.348 e. The van der Waals surface area contributed by atoms with Gasteiger partial charge in [-0.25, -0.2) is 9.59 Å². The number of esters is 2. The number of carbonyl (C=O) groups excluding carboxylic acids is 3. The van der Waals surface area contributed by atoms with Gasteiger partial charge in [0.25, 0.3) is 0 Å². The molecule has 0 fully saturated rings. The van der Waals surface area contributed by atoms with Crippen LogP contribution in [0.25, 0.3) is 0 Å². The lowest BCUT2D eigenvalue weighted by atomic mass is 10.1. The summed E-state index contributed by atoms with van der Waals surface area (Å²) in [5.74, 6) is -1.56. The van der Waals surface area contributed by atoms with E-state index in [1.807, 2.05) is 30.5 Å². The van der Waals surface area contributed by atoms with Crippen LogP contribution in [0.2, 0.25) is 0 Å². The minimum absolute atomic E-state index is 0.00267. The van der Waals surface area contributed by atoms with Crippen LogP contribution in [0.1, 0.15) is 25.6 Å². The van der Waals surface area contributed by atoms with E-state index in [9.17, 15) is 14.4 Å². The van der Waals surface area contributed by atoms with E-state index in [1.54, 1.807) is 18.7 Å². The van der Waals surface area contributed by atoms with Crippen molar-refractivity contribution in [2.24, 2.45) is 0 Å². The van der Waals surface area contributed by atoms with Gasteiger partial charge in [-0.2, -0.15) is 0 Å². The number of rotatable bonds is 7. The summed E-state index contributed by atoms with van der Waals surface area (Å²) in [4.78, 5) is 37.6. The minimum Gasteiger partial charge on any atom is -0.465 e. The number of hydrogen-bond acceptors (Lipinski definition) is 8. The first-order valence-corrected chi connectivity index (χ1v) is 9.93. The number of thiophene rings is 1. The van der Waals surface area contributed by atoms with Crippen molar-refractivity contribution >= 4 is 51.6 Å². The monoisotopic (exact) mass is 408 g/mol. The minimum atomic E-state index is -0.630. The van der Waals surface area contributed by atoms with Crippen molar-refractivity contribution in [1.82, 2.24) is 0 Å². The lowest BCUT2D eigenvalue weighted by molar-refractivity contribution is -0.114. The Kier molecular flexibility index (Phi) is 7.26. The number of anilines is 2. The molecule has 0 saturated heterocycles. The highest BCUT2D eigenvalue weighted by Crippen LogP contribution is 2.34. The molecule has 9 heteroatoms. The molecule has 0 saturated carbocycles. The predicted molar refractivity (Wildman–Crippen MR) is 107 cm³/mol. The van der Waals surface area contributed by atoms with E-state index in [0.29, 0.717) is 5.56 Å². The van der Waals surface area contributed by atoms with Gasteiger partial charge in [-0.05, 0) is 30.9 Å². The van der Waals surface area contributed by atoms with E-state index in [0.717, 1.165) is 21.9 Å². The fraction of sp³-hybridized carbons (Fsp3) is 0.278. The van der Waals surface area contributed by atoms with Crippen molar-refractivity contribution in [3.8, 4) is 0 Å². The fourth-order valence-electron chi connectivity index (χ4n) is 2.37. The zero-order chi connectivity index (χ0) is 20.0. The highest BCUT2D eigenvalue weighted by Gasteiger charge is 2.26. The second kappa shape index (κ2) is 9.43. The molecule has 0 atom stereocenters. The molecule has 0 spiro atoms. The number of ether oxygens (including phenoxy) is 2. The van der Waals surface area contributed by atoms with Gasteiger partial charge in [-0.15, -0.1) is 23.1 Å². The molecule has 1 aromatic heterocycles. The van der Waals surface area contributed by atoms with Crippen molar-refractivity contribution < 1.29 is 23.9 Å². The maximum absolute atomic E-state index is 12.4. The van der Waals surface area contributed by atoms with Gasteiger partial charge in [-0.3, -0.25) is 4.79 Å². The molecule has 144 valence electrons. The first kappa shape index (κ1) is 20.8. The molecule has 2 rings (SSSR count). The summed E-state index contributed by atoms with van der Waals surface area (Å²) in [6, 6.07) is 7.62. The summed E-state index contributed by atoms with van der Waals surface area (Å²) < 4.78 is 9.50. The van der Waals surface area contributed by atoms with Crippen LogP contribution in [0.15, 0.2) is 29.2 Å². The highest BCUT2D eigenvalue weighted by atomic mass is 32.2. The summed E-state index contributed by atoms with van der Waals surface area (Å²) in [7, 11) is 2.49. The average molecular weight is 409 g/mol. The van der Waals surface area contributed by atoms with Gasteiger partial charge in [0.15, 0.2) is 0 Å². The Morgan fingerprint density at radius 3 is 2.41 bits per heavy atom. The molecule has 1 amide bonds. The topological polar surface area (TPSA) is 93.7 Å². The van der Waals surface area contributed by atoms with Gasteiger partial charge in [0.1, 0.15) is 9.88 Å². The van der Waals surface area contributed by atoms with Gasteiger partial charge >= 0.3 is 11.9 Å². The molecule has 7 nitrogen and oxygen atoms in total. The summed E-state index contributed by atoms with van der Waals surface area (Å²) in [6.45, 7) is 1.61. The molecule has 0 aliphatic carbocycles. The molecule has 1 heterocycles. The van der Waals surface area contributed by atoms with E-state index in [2.05, 4.69) is 10.6 Å². The Morgan fingerprint density at radius 1 is 1.11 bits per heavy atom. The van der Waals surface area contributed by atoms with Crippen molar-refractivity contribution in [1.29, 1.82) is 0 Å². The van der Waals surface area contributed by atoms with Crippen molar-refractivity contribution in [3.05, 3.63) is 40.3 Å². The standard InChI is InChI=1S/C18H20N2O5S2/c1-10-14(17(22)24-2)16(27-15(10)18(23)25-3)20-13(21)9-19-11-7-5-6-8-12(11)26-4/h5-8,19H,9H2,1-4H3,(H,20,21). The Bertz CT molecular complexity index is 863. The summed E-state index contributed by atoms with van der Waals surface area (Å²) >= 11 is 2.55. The summed E-state index contributed by atoms with van der Waals surface area (Å²) in [5.41, 5.74) is 1.40. The van der Waals surface area contributed by atoms with E-state index >= 15 is 0 Å². The molecule has 0 radical (unpaired) electrons. The van der Waals surface area contributed by atoms with Gasteiger partial charge in [-0.1, -0.05) is 12.1 Å². The molecular weight excluding hydrogens is 388 g/mol. The number of thioether (sulfide) groups is 1. The normalized spacial score (nSPS) is 10.2. The highest BCUT2D eigenvalue weighted by molar-refractivity contribution is 7.98. The van der Waals surface area contributed by atoms with Crippen LogP contribution in [0, 0.1) is 6.92 Å². The van der Waals surface area contributed by atoms with Gasteiger partial charge in [0.05, 0.1) is 26.3 Å². The zero-order valence-corrected chi connectivity index (χ0v) is 17.0. The summed E-state index contributed by atoms with van der Waals surface area (Å²) in [5, 5.41) is 6.00. The van der Waals surface area contributed by atoms with Crippen LogP contribution in [0.3, 0.4) is 0 Å². The number of amides is 1. The number of carbonyl (C=O) groups is 3. The molecule has 2 N–H and O–H groups in total. The van der Waals surface area contributed by atoms with E-state index in [4.69, 9.17) is 9.47 Å². The summed E-state index contributed by atoms with van der Waals surface area (Å²) in [6.07, 6.45) is 1.95. The Balaban J connectivity index is 2.19. The van der Waals surface area contributed by atoms with Crippen LogP contribution >= 0.6 is 23.1 Å². The second-order valence-electron chi connectivity index (χ2n) is 5.35. The lowest BCUT2D eigenvalue weighted by Crippen LogP contribution is -2.22. The van der Waals surface area contributed by atoms with Gasteiger partial charge in [0, 0.05) is 10.6 Å². The molecule has 0 bridgehead atoms. The van der Waals surface area contributed by atoms with Crippen molar-refractivity contribution in [3.63, 3.8) is 0 Å². The second-order valence-corrected chi connectivity index (χ2v) is 7.21. The van der Waals surface area contributed by atoms with E-state index in [-0.39, 0.29) is 27.9 Å². The molecule has 0 unspecified atom stereocenters. The number of benzene rings is 1. The fourth-order valence-corrected chi connectivity index (χ4v) is 4.08. The molecular formula is C18H20N2O5S2. The third-order valence-corrected chi connectivity index (χ3v) is 5.69. The van der Waals surface area contributed by atoms with Gasteiger partial charge < -0.3 is 20.1 Å². The molecule has 27 heavy (non-hydrogen) atoms. The molecule has 0 aliphatic heterocycles. The zero-order valence-electron chi connectivity index (χ0n) is 15.4. The molecule has 2 aromatic rings. The Morgan fingerprint density at radius 2 is 1.78 bits per heavy atom. The third-order valence-electron chi connectivity index (χ3n) is 3.71. The Labute approximate surface area is 165 Å². The first-order valence-electron chi connectivity index (χ1n) is 7.89. The van der Waals surface area contributed by atoms with Crippen molar-refractivity contribution in [2.75, 3.05) is 37.7 Å². The predicted octanol–water partition coefficient (Wildman–Crippen LogP) is 3.40. The maximum Gasteiger partial charge on any atom is 0.348 e. The number of nitrogens with one attached hydrogen (secondary N) is 2. The molecule has 0 aliphatic rings. The first-order chi connectivity index (χ1) is 12.9. The quantitative estimate of drug-likeness (QED) is 0.536. The van der Waals surface area contributed by atoms with Crippen molar-refractivity contribution in [2.45, 2.75) is 11.8 Å². The number of methoxy groups -OCH3 is 2. The SMILES string of the molecule is COC(=O)c1sc(NC(=O)CNc2ccccc2SC)c(C(=O)OC)c1C. The van der Waals surface area contributed by atoms with Crippen LogP contribution in [0.4, 0.5) is 10.7 Å². The lowest BCUT2D eigenvalue weighted by Gasteiger charge is -2.10. The molecule has 1 aromatic carbocycles. The van der Waals surface area contributed by atoms with E-state index < -0.39 is 11.9 Å². The maximum atomic E-state index is 12.4. The third kappa shape index (κ3) is 4.81. The van der Waals surface area contributed by atoms with Gasteiger partial charge in [0.2, 0.25) is 5.91 Å². The van der Waals surface area contributed by atoms with Crippen LogP contribution in [0.5, 0.6) is 0 Å².